The van der Waals surface area contributed by atoms with E-state index in [9.17, 15) is 4.79 Å². The molecule has 1 amide bonds. The summed E-state index contributed by atoms with van der Waals surface area (Å²) in [6, 6.07) is 5.92. The predicted octanol–water partition coefficient (Wildman–Crippen LogP) is 3.11. The van der Waals surface area contributed by atoms with E-state index in [0.29, 0.717) is 0 Å². The third kappa shape index (κ3) is 3.14. The summed E-state index contributed by atoms with van der Waals surface area (Å²) < 4.78 is 1.17. The van der Waals surface area contributed by atoms with Gasteiger partial charge in [-0.15, -0.1) is 0 Å². The van der Waals surface area contributed by atoms with E-state index in [2.05, 4.69) is 27.9 Å². The number of nitrogens with one attached hydrogen (secondary N) is 1. The average molecular weight is 301 g/mol. The molecule has 0 saturated heterocycles. The van der Waals surface area contributed by atoms with Gasteiger partial charge >= 0.3 is 0 Å². The smallest absolute Gasteiger partial charge is 0.248 e. The summed E-state index contributed by atoms with van der Waals surface area (Å²) in [5.41, 5.74) is 1.95. The van der Waals surface area contributed by atoms with Crippen LogP contribution in [0, 0.1) is 10.5 Å². The molecule has 1 N–H and O–H groups in total. The number of hydrogen-bond donors (Lipinski definition) is 1. The number of amides is 1. The first kappa shape index (κ1) is 11.2. The first-order valence-corrected chi connectivity index (χ1v) is 5.41. The van der Waals surface area contributed by atoms with E-state index >= 15 is 0 Å². The molecule has 14 heavy (non-hydrogen) atoms. The summed E-state index contributed by atoms with van der Waals surface area (Å²) in [5, 5.41) is 2.81. The highest BCUT2D eigenvalue weighted by atomic mass is 127. The number of anilines is 1. The number of rotatable bonds is 2. The second-order valence-electron chi connectivity index (χ2n) is 2.95. The van der Waals surface area contributed by atoms with Gasteiger partial charge in [-0.2, -0.15) is 0 Å². The summed E-state index contributed by atoms with van der Waals surface area (Å²) in [7, 11) is 0. The molecule has 3 heteroatoms. The Hall–Kier alpha value is -0.840. The molecule has 74 valence electrons. The lowest BCUT2D eigenvalue weighted by molar-refractivity contribution is -0.111. The van der Waals surface area contributed by atoms with Crippen LogP contribution in [0.5, 0.6) is 0 Å². The molecule has 0 fully saturated rings. The highest BCUT2D eigenvalue weighted by Gasteiger charge is 2.00. The largest absolute Gasteiger partial charge is 0.322 e. The van der Waals surface area contributed by atoms with Crippen molar-refractivity contribution in [2.45, 2.75) is 13.8 Å². The number of carbonyl (C=O) groups is 1. The molecule has 1 aromatic carbocycles. The van der Waals surface area contributed by atoms with Crippen molar-refractivity contribution in [2.24, 2.45) is 0 Å². The summed E-state index contributed by atoms with van der Waals surface area (Å²) in [5.74, 6) is -0.0863. The van der Waals surface area contributed by atoms with Gasteiger partial charge in [0.25, 0.3) is 0 Å². The SMILES string of the molecule is CC=CC(=O)Nc1ccc(I)cc1C. The van der Waals surface area contributed by atoms with Gasteiger partial charge in [-0.25, -0.2) is 0 Å². The second-order valence-corrected chi connectivity index (χ2v) is 4.19. The number of aryl methyl sites for hydroxylation is 1. The van der Waals surface area contributed by atoms with E-state index in [1.165, 1.54) is 9.65 Å². The number of hydrogen-bond acceptors (Lipinski definition) is 1. The Bertz CT molecular complexity index is 372. The lowest BCUT2D eigenvalue weighted by atomic mass is 10.2. The summed E-state index contributed by atoms with van der Waals surface area (Å²) in [4.78, 5) is 11.2. The van der Waals surface area contributed by atoms with Gasteiger partial charge in [-0.1, -0.05) is 6.08 Å². The Labute approximate surface area is 97.5 Å². The molecule has 0 bridgehead atoms. The normalized spacial score (nSPS) is 10.5. The zero-order valence-electron chi connectivity index (χ0n) is 8.17. The lowest BCUT2D eigenvalue weighted by Crippen LogP contribution is -2.08. The first-order valence-electron chi connectivity index (χ1n) is 4.33. The fraction of sp³-hybridized carbons (Fsp3) is 0.182. The van der Waals surface area contributed by atoms with Crippen LogP contribution in [0.1, 0.15) is 12.5 Å². The number of benzene rings is 1. The molecule has 0 radical (unpaired) electrons. The van der Waals surface area contributed by atoms with Crippen LogP contribution in [0.25, 0.3) is 0 Å². The number of allylic oxidation sites excluding steroid dienone is 1. The lowest BCUT2D eigenvalue weighted by Gasteiger charge is -2.06. The van der Waals surface area contributed by atoms with Crippen molar-refractivity contribution in [3.8, 4) is 0 Å². The van der Waals surface area contributed by atoms with Crippen molar-refractivity contribution in [2.75, 3.05) is 5.32 Å². The molecule has 0 spiro atoms. The minimum Gasteiger partial charge on any atom is -0.322 e. The van der Waals surface area contributed by atoms with Gasteiger partial charge in [0.05, 0.1) is 0 Å². The molecule has 1 aromatic rings. The van der Waals surface area contributed by atoms with Crippen LogP contribution in [0.2, 0.25) is 0 Å². The maximum atomic E-state index is 11.2. The monoisotopic (exact) mass is 301 g/mol. The van der Waals surface area contributed by atoms with Crippen molar-refractivity contribution < 1.29 is 4.79 Å². The van der Waals surface area contributed by atoms with E-state index < -0.39 is 0 Å². The van der Waals surface area contributed by atoms with Gasteiger partial charge < -0.3 is 5.32 Å². The maximum Gasteiger partial charge on any atom is 0.248 e. The zero-order valence-corrected chi connectivity index (χ0v) is 10.3. The third-order valence-electron chi connectivity index (χ3n) is 1.76. The first-order chi connectivity index (χ1) is 6.63. The fourth-order valence-corrected chi connectivity index (χ4v) is 1.74. The summed E-state index contributed by atoms with van der Waals surface area (Å²) in [6.07, 6.45) is 3.23. The van der Waals surface area contributed by atoms with E-state index in [4.69, 9.17) is 0 Å². The van der Waals surface area contributed by atoms with Gasteiger partial charge in [0, 0.05) is 9.26 Å². The van der Waals surface area contributed by atoms with Gasteiger partial charge in [0.15, 0.2) is 0 Å². The molecule has 0 heterocycles. The highest BCUT2D eigenvalue weighted by molar-refractivity contribution is 14.1. The van der Waals surface area contributed by atoms with Gasteiger partial charge in [-0.05, 0) is 66.3 Å². The molecule has 0 saturated carbocycles. The number of carbonyl (C=O) groups excluding carboxylic acids is 1. The quantitative estimate of drug-likeness (QED) is 0.660. The molecule has 0 aliphatic rings. The molecule has 0 aliphatic carbocycles. The average Bonchev–Trinajstić information content (AvgIpc) is 2.10. The Morgan fingerprint density at radius 3 is 2.79 bits per heavy atom. The molecular formula is C11H12INO. The maximum absolute atomic E-state index is 11.2. The summed E-state index contributed by atoms with van der Waals surface area (Å²) in [6.45, 7) is 3.80. The summed E-state index contributed by atoms with van der Waals surface area (Å²) >= 11 is 2.25. The number of halogens is 1. The van der Waals surface area contributed by atoms with E-state index in [0.717, 1.165) is 11.3 Å². The van der Waals surface area contributed by atoms with Crippen molar-refractivity contribution in [1.29, 1.82) is 0 Å². The van der Waals surface area contributed by atoms with Gasteiger partial charge in [-0.3, -0.25) is 4.79 Å². The second kappa shape index (κ2) is 5.14. The molecule has 0 aromatic heterocycles. The van der Waals surface area contributed by atoms with E-state index in [-0.39, 0.29) is 5.91 Å². The fourth-order valence-electron chi connectivity index (χ4n) is 1.09. The van der Waals surface area contributed by atoms with Crippen molar-refractivity contribution in [3.63, 3.8) is 0 Å². The van der Waals surface area contributed by atoms with Crippen LogP contribution in [-0.2, 0) is 4.79 Å². The van der Waals surface area contributed by atoms with Crippen LogP contribution in [0.15, 0.2) is 30.4 Å². The molecule has 1 rings (SSSR count). The zero-order chi connectivity index (χ0) is 10.6. The molecule has 0 unspecified atom stereocenters. The topological polar surface area (TPSA) is 29.1 Å². The van der Waals surface area contributed by atoms with Crippen LogP contribution < -0.4 is 5.32 Å². The third-order valence-corrected chi connectivity index (χ3v) is 2.44. The molecule has 0 aliphatic heterocycles. The van der Waals surface area contributed by atoms with E-state index in [1.54, 1.807) is 6.08 Å². The molecule has 0 atom stereocenters. The van der Waals surface area contributed by atoms with Gasteiger partial charge in [0.2, 0.25) is 5.91 Å². The van der Waals surface area contributed by atoms with E-state index in [1.807, 2.05) is 32.0 Å². The van der Waals surface area contributed by atoms with Crippen LogP contribution in [0.4, 0.5) is 5.69 Å². The molecular weight excluding hydrogens is 289 g/mol. The van der Waals surface area contributed by atoms with Crippen molar-refractivity contribution >= 4 is 34.2 Å². The van der Waals surface area contributed by atoms with Crippen LogP contribution in [-0.4, -0.2) is 5.91 Å². The van der Waals surface area contributed by atoms with Gasteiger partial charge in [0.1, 0.15) is 0 Å². The standard InChI is InChI=1S/C11H12INO/c1-3-4-11(14)13-10-6-5-9(12)7-8(10)2/h3-7H,1-2H3,(H,13,14). The Morgan fingerprint density at radius 1 is 1.50 bits per heavy atom. The Kier molecular flexibility index (Phi) is 4.13. The van der Waals surface area contributed by atoms with Crippen molar-refractivity contribution in [1.82, 2.24) is 0 Å². The van der Waals surface area contributed by atoms with Crippen molar-refractivity contribution in [3.05, 3.63) is 39.5 Å². The highest BCUT2D eigenvalue weighted by Crippen LogP contribution is 2.17. The predicted molar refractivity (Wildman–Crippen MR) is 67.3 cm³/mol. The van der Waals surface area contributed by atoms with Crippen LogP contribution >= 0.6 is 22.6 Å². The molecule has 2 nitrogen and oxygen atoms in total. The van der Waals surface area contributed by atoms with Crippen LogP contribution in [0.3, 0.4) is 0 Å². The Morgan fingerprint density at radius 2 is 2.21 bits per heavy atom. The minimum absolute atomic E-state index is 0.0863. The minimum atomic E-state index is -0.0863. The Balaban J connectivity index is 2.82.